The summed E-state index contributed by atoms with van der Waals surface area (Å²) in [6.45, 7) is 7.34. The number of nitrogens with zero attached hydrogens (tertiary/aromatic N) is 1. The first-order valence-corrected chi connectivity index (χ1v) is 7.60. The number of aliphatic hydroxyl groups excluding tert-OH is 1. The monoisotopic (exact) mass is 277 g/mol. The minimum atomic E-state index is -0.364. The van der Waals surface area contributed by atoms with E-state index in [2.05, 4.69) is 24.8 Å². The zero-order valence-electron chi connectivity index (χ0n) is 12.9. The number of aliphatic hydroxyl groups is 1. The lowest BCUT2D eigenvalue weighted by Gasteiger charge is -2.36. The molecule has 3 atom stereocenters. The number of methoxy groups -OCH3 is 1. The van der Waals surface area contributed by atoms with Crippen molar-refractivity contribution in [1.82, 2.24) is 4.90 Å². The Morgan fingerprint density at radius 3 is 2.85 bits per heavy atom. The van der Waals surface area contributed by atoms with Crippen molar-refractivity contribution in [3.63, 3.8) is 0 Å². The van der Waals surface area contributed by atoms with Crippen LogP contribution in [0.3, 0.4) is 0 Å². The summed E-state index contributed by atoms with van der Waals surface area (Å²) in [6, 6.07) is 8.09. The molecule has 112 valence electrons. The normalized spacial score (nSPS) is 25.6. The molecular formula is C17H27NO2. The molecule has 2 rings (SSSR count). The molecule has 1 aromatic rings. The highest BCUT2D eigenvalue weighted by Crippen LogP contribution is 2.23. The average molecular weight is 277 g/mol. The van der Waals surface area contributed by atoms with Crippen LogP contribution < -0.4 is 0 Å². The molecule has 0 amide bonds. The number of piperidine rings is 1. The Morgan fingerprint density at radius 2 is 2.15 bits per heavy atom. The van der Waals surface area contributed by atoms with Gasteiger partial charge in [-0.25, -0.2) is 0 Å². The molecule has 1 saturated heterocycles. The van der Waals surface area contributed by atoms with E-state index >= 15 is 0 Å². The van der Waals surface area contributed by atoms with Crippen LogP contribution in [0.1, 0.15) is 37.0 Å². The molecule has 0 aromatic heterocycles. The van der Waals surface area contributed by atoms with Crippen LogP contribution in [-0.2, 0) is 4.74 Å². The summed E-state index contributed by atoms with van der Waals surface area (Å²) in [5.41, 5.74) is 2.23. The van der Waals surface area contributed by atoms with Gasteiger partial charge in [-0.15, -0.1) is 0 Å². The Balaban J connectivity index is 1.85. The highest BCUT2D eigenvalue weighted by atomic mass is 16.5. The lowest BCUT2D eigenvalue weighted by molar-refractivity contribution is -0.00869. The minimum absolute atomic E-state index is 0.333. The van der Waals surface area contributed by atoms with Gasteiger partial charge in [0.25, 0.3) is 0 Å². The fourth-order valence-electron chi connectivity index (χ4n) is 3.03. The van der Waals surface area contributed by atoms with Crippen molar-refractivity contribution in [2.24, 2.45) is 5.92 Å². The van der Waals surface area contributed by atoms with Crippen LogP contribution in [0.2, 0.25) is 0 Å². The largest absolute Gasteiger partial charge is 0.388 e. The molecule has 1 N–H and O–H groups in total. The number of benzene rings is 1. The molecule has 1 aliphatic heterocycles. The van der Waals surface area contributed by atoms with Crippen LogP contribution in [0.25, 0.3) is 0 Å². The van der Waals surface area contributed by atoms with E-state index in [9.17, 15) is 5.11 Å². The Labute approximate surface area is 122 Å². The molecule has 0 radical (unpaired) electrons. The Hall–Kier alpha value is -0.900. The third-order valence-electron chi connectivity index (χ3n) is 4.54. The number of aryl methyl sites for hydroxylation is 1. The maximum absolute atomic E-state index is 10.3. The fourth-order valence-corrected chi connectivity index (χ4v) is 3.03. The van der Waals surface area contributed by atoms with Crippen LogP contribution >= 0.6 is 0 Å². The first kappa shape index (κ1) is 15.5. The SMILES string of the molecule is COC1CN(CCC(O)c2ccccc2C)CCC1C. The second kappa shape index (κ2) is 7.21. The number of rotatable bonds is 5. The van der Waals surface area contributed by atoms with E-state index in [0.29, 0.717) is 12.0 Å². The molecule has 0 bridgehead atoms. The van der Waals surface area contributed by atoms with E-state index in [1.54, 1.807) is 7.11 Å². The minimum Gasteiger partial charge on any atom is -0.388 e. The standard InChI is InChI=1S/C17H27NO2/c1-13-6-4-5-7-15(13)16(19)9-11-18-10-8-14(2)17(12-18)20-3/h4-7,14,16-17,19H,8-12H2,1-3H3. The van der Waals surface area contributed by atoms with Crippen molar-refractivity contribution in [2.75, 3.05) is 26.7 Å². The van der Waals surface area contributed by atoms with Gasteiger partial charge in [-0.1, -0.05) is 31.2 Å². The molecule has 1 heterocycles. The Kier molecular flexibility index (Phi) is 5.58. The molecule has 0 spiro atoms. The molecule has 0 saturated carbocycles. The number of likely N-dealkylation sites (tertiary alicyclic amines) is 1. The van der Waals surface area contributed by atoms with Gasteiger partial charge < -0.3 is 14.7 Å². The molecule has 3 nitrogen and oxygen atoms in total. The first-order valence-electron chi connectivity index (χ1n) is 7.60. The van der Waals surface area contributed by atoms with Crippen LogP contribution in [-0.4, -0.2) is 42.9 Å². The smallest absolute Gasteiger partial charge is 0.0804 e. The van der Waals surface area contributed by atoms with E-state index in [1.165, 1.54) is 12.0 Å². The molecule has 20 heavy (non-hydrogen) atoms. The van der Waals surface area contributed by atoms with Crippen LogP contribution in [0, 0.1) is 12.8 Å². The van der Waals surface area contributed by atoms with E-state index in [0.717, 1.165) is 31.6 Å². The molecule has 0 aliphatic carbocycles. The summed E-state index contributed by atoms with van der Waals surface area (Å²) in [5.74, 6) is 0.637. The predicted molar refractivity (Wildman–Crippen MR) is 81.8 cm³/mol. The maximum Gasteiger partial charge on any atom is 0.0804 e. The number of hydrogen-bond donors (Lipinski definition) is 1. The average Bonchev–Trinajstić information content (AvgIpc) is 2.46. The van der Waals surface area contributed by atoms with Crippen LogP contribution in [0.4, 0.5) is 0 Å². The van der Waals surface area contributed by atoms with Gasteiger partial charge in [-0.2, -0.15) is 0 Å². The first-order chi connectivity index (χ1) is 9.61. The van der Waals surface area contributed by atoms with E-state index in [-0.39, 0.29) is 6.10 Å². The summed E-state index contributed by atoms with van der Waals surface area (Å²) in [4.78, 5) is 2.41. The maximum atomic E-state index is 10.3. The molecule has 1 aliphatic rings. The van der Waals surface area contributed by atoms with Gasteiger partial charge in [0.1, 0.15) is 0 Å². The van der Waals surface area contributed by atoms with Crippen LogP contribution in [0.15, 0.2) is 24.3 Å². The summed E-state index contributed by atoms with van der Waals surface area (Å²) >= 11 is 0. The Morgan fingerprint density at radius 1 is 1.40 bits per heavy atom. The van der Waals surface area contributed by atoms with Gasteiger partial charge in [-0.05, 0) is 43.4 Å². The summed E-state index contributed by atoms with van der Waals surface area (Å²) < 4.78 is 5.54. The highest BCUT2D eigenvalue weighted by Gasteiger charge is 2.26. The van der Waals surface area contributed by atoms with Gasteiger partial charge in [0.15, 0.2) is 0 Å². The van der Waals surface area contributed by atoms with Crippen molar-refractivity contribution in [3.8, 4) is 0 Å². The second-order valence-electron chi connectivity index (χ2n) is 6.00. The van der Waals surface area contributed by atoms with E-state index in [4.69, 9.17) is 4.74 Å². The molecule has 1 fully saturated rings. The molecule has 1 aromatic carbocycles. The zero-order valence-corrected chi connectivity index (χ0v) is 12.9. The van der Waals surface area contributed by atoms with Crippen molar-refractivity contribution in [2.45, 2.75) is 38.9 Å². The topological polar surface area (TPSA) is 32.7 Å². The van der Waals surface area contributed by atoms with E-state index < -0.39 is 0 Å². The third kappa shape index (κ3) is 3.81. The van der Waals surface area contributed by atoms with Crippen molar-refractivity contribution in [1.29, 1.82) is 0 Å². The third-order valence-corrected chi connectivity index (χ3v) is 4.54. The zero-order chi connectivity index (χ0) is 14.5. The predicted octanol–water partition coefficient (Wildman–Crippen LogP) is 2.78. The summed E-state index contributed by atoms with van der Waals surface area (Å²) in [5, 5.41) is 10.3. The van der Waals surface area contributed by atoms with Gasteiger partial charge in [0.2, 0.25) is 0 Å². The summed E-state index contributed by atoms with van der Waals surface area (Å²) in [7, 11) is 1.80. The van der Waals surface area contributed by atoms with Gasteiger partial charge in [0, 0.05) is 20.2 Å². The fraction of sp³-hybridized carbons (Fsp3) is 0.647. The molecular weight excluding hydrogens is 250 g/mol. The van der Waals surface area contributed by atoms with E-state index in [1.807, 2.05) is 18.2 Å². The number of ether oxygens (including phenoxy) is 1. The molecule has 3 heteroatoms. The molecule has 3 unspecified atom stereocenters. The van der Waals surface area contributed by atoms with Gasteiger partial charge in [-0.3, -0.25) is 0 Å². The van der Waals surface area contributed by atoms with Crippen molar-refractivity contribution >= 4 is 0 Å². The van der Waals surface area contributed by atoms with Crippen molar-refractivity contribution in [3.05, 3.63) is 35.4 Å². The van der Waals surface area contributed by atoms with Crippen molar-refractivity contribution < 1.29 is 9.84 Å². The van der Waals surface area contributed by atoms with Gasteiger partial charge in [0.05, 0.1) is 12.2 Å². The highest BCUT2D eigenvalue weighted by molar-refractivity contribution is 5.27. The lowest BCUT2D eigenvalue weighted by atomic mass is 9.95. The lowest BCUT2D eigenvalue weighted by Crippen LogP contribution is -2.44. The summed E-state index contributed by atoms with van der Waals surface area (Å²) in [6.07, 6.45) is 1.94. The van der Waals surface area contributed by atoms with Gasteiger partial charge >= 0.3 is 0 Å². The number of hydrogen-bond acceptors (Lipinski definition) is 3. The quantitative estimate of drug-likeness (QED) is 0.898. The van der Waals surface area contributed by atoms with Crippen LogP contribution in [0.5, 0.6) is 0 Å². The Bertz CT molecular complexity index is 421. The second-order valence-corrected chi connectivity index (χ2v) is 6.00.